The van der Waals surface area contributed by atoms with Crippen molar-refractivity contribution in [3.8, 4) is 0 Å². The number of nitrogens with one attached hydrogen (secondary N) is 2. The van der Waals surface area contributed by atoms with E-state index in [0.717, 1.165) is 63.6 Å². The second-order valence-electron chi connectivity index (χ2n) is 4.97. The first-order valence-electron chi connectivity index (χ1n) is 8.10. The van der Waals surface area contributed by atoms with Crippen LogP contribution in [0.15, 0.2) is 29.3 Å². The average molecular weight is 309 g/mol. The van der Waals surface area contributed by atoms with Gasteiger partial charge in [0.15, 0.2) is 5.96 Å². The molecule has 0 aliphatic carbocycles. The van der Waals surface area contributed by atoms with Gasteiger partial charge in [-0.05, 0) is 50.8 Å². The molecule has 0 amide bonds. The summed E-state index contributed by atoms with van der Waals surface area (Å²) in [5.41, 5.74) is 1.02. The molecule has 5 heteroatoms. The van der Waals surface area contributed by atoms with Crippen molar-refractivity contribution in [2.24, 2.45) is 4.99 Å². The van der Waals surface area contributed by atoms with Gasteiger partial charge in [-0.2, -0.15) is 0 Å². The Morgan fingerprint density at radius 2 is 2.09 bits per heavy atom. The molecule has 0 fully saturated rings. The van der Waals surface area contributed by atoms with E-state index < -0.39 is 0 Å². The molecule has 0 bridgehead atoms. The highest BCUT2D eigenvalue weighted by molar-refractivity contribution is 5.79. The number of hydrogen-bond acceptors (Lipinski definition) is 2. The molecule has 22 heavy (non-hydrogen) atoms. The molecular formula is C17H28FN3O. The summed E-state index contributed by atoms with van der Waals surface area (Å²) in [6.07, 6.45) is 2.70. The molecule has 0 unspecified atom stereocenters. The van der Waals surface area contributed by atoms with Crippen molar-refractivity contribution in [1.82, 2.24) is 10.6 Å². The molecule has 1 aromatic carbocycles. The first kappa shape index (κ1) is 18.4. The van der Waals surface area contributed by atoms with Gasteiger partial charge < -0.3 is 15.4 Å². The summed E-state index contributed by atoms with van der Waals surface area (Å²) in [5, 5.41) is 6.51. The lowest BCUT2D eigenvalue weighted by Gasteiger charge is -2.11. The van der Waals surface area contributed by atoms with Crippen molar-refractivity contribution in [1.29, 1.82) is 0 Å². The summed E-state index contributed by atoms with van der Waals surface area (Å²) in [6, 6.07) is 6.75. The quantitative estimate of drug-likeness (QED) is 0.397. The molecule has 1 rings (SSSR count). The summed E-state index contributed by atoms with van der Waals surface area (Å²) < 4.78 is 18.4. The number of aliphatic imine (C=N–C) groups is 1. The van der Waals surface area contributed by atoms with Gasteiger partial charge in [-0.3, -0.25) is 4.99 Å². The summed E-state index contributed by atoms with van der Waals surface area (Å²) in [5.74, 6) is 0.656. The maximum Gasteiger partial charge on any atom is 0.191 e. The minimum Gasteiger partial charge on any atom is -0.382 e. The molecule has 0 heterocycles. The molecule has 1 aromatic rings. The first-order chi connectivity index (χ1) is 10.8. The molecule has 0 aromatic heterocycles. The lowest BCUT2D eigenvalue weighted by molar-refractivity contribution is 0.145. The molecule has 0 atom stereocenters. The number of nitrogens with zero attached hydrogens (tertiary/aromatic N) is 1. The van der Waals surface area contributed by atoms with E-state index in [4.69, 9.17) is 4.74 Å². The fourth-order valence-corrected chi connectivity index (χ4v) is 2.03. The van der Waals surface area contributed by atoms with Gasteiger partial charge in [0.05, 0.1) is 0 Å². The van der Waals surface area contributed by atoms with E-state index >= 15 is 0 Å². The second-order valence-corrected chi connectivity index (χ2v) is 4.97. The van der Waals surface area contributed by atoms with Gasteiger partial charge in [0.2, 0.25) is 0 Å². The Labute approximate surface area is 133 Å². The molecular weight excluding hydrogens is 281 g/mol. The van der Waals surface area contributed by atoms with Gasteiger partial charge in [0, 0.05) is 32.8 Å². The van der Waals surface area contributed by atoms with E-state index in [1.807, 2.05) is 19.9 Å². The predicted molar refractivity (Wildman–Crippen MR) is 89.8 cm³/mol. The van der Waals surface area contributed by atoms with Crippen molar-refractivity contribution in [2.45, 2.75) is 33.1 Å². The molecule has 0 aliphatic heterocycles. The third kappa shape index (κ3) is 8.62. The van der Waals surface area contributed by atoms with E-state index in [2.05, 4.69) is 15.6 Å². The van der Waals surface area contributed by atoms with Crippen LogP contribution in [-0.4, -0.2) is 38.8 Å². The number of hydrogen-bond donors (Lipinski definition) is 2. The van der Waals surface area contributed by atoms with Crippen LogP contribution in [0, 0.1) is 5.82 Å². The van der Waals surface area contributed by atoms with Crippen LogP contribution in [0.25, 0.3) is 0 Å². The van der Waals surface area contributed by atoms with E-state index in [1.54, 1.807) is 12.1 Å². The number of guanidine groups is 1. The molecule has 0 spiro atoms. The Morgan fingerprint density at radius 1 is 1.23 bits per heavy atom. The summed E-state index contributed by atoms with van der Waals surface area (Å²) in [6.45, 7) is 7.96. The summed E-state index contributed by atoms with van der Waals surface area (Å²) in [7, 11) is 0. The minimum atomic E-state index is -0.176. The van der Waals surface area contributed by atoms with E-state index in [9.17, 15) is 4.39 Å². The number of ether oxygens (including phenoxy) is 1. The number of halogens is 1. The Hall–Kier alpha value is -1.62. The maximum absolute atomic E-state index is 13.1. The van der Waals surface area contributed by atoms with Crippen molar-refractivity contribution in [3.63, 3.8) is 0 Å². The topological polar surface area (TPSA) is 45.7 Å². The van der Waals surface area contributed by atoms with Crippen molar-refractivity contribution in [3.05, 3.63) is 35.6 Å². The predicted octanol–water partition coefficient (Wildman–Crippen LogP) is 2.74. The summed E-state index contributed by atoms with van der Waals surface area (Å²) >= 11 is 0. The van der Waals surface area contributed by atoms with E-state index in [1.165, 1.54) is 6.07 Å². The van der Waals surface area contributed by atoms with Crippen LogP contribution in [0.1, 0.15) is 32.3 Å². The molecule has 0 saturated heterocycles. The highest BCUT2D eigenvalue weighted by atomic mass is 19.1. The fraction of sp³-hybridized carbons (Fsp3) is 0.588. The van der Waals surface area contributed by atoms with Gasteiger partial charge in [-0.15, -0.1) is 0 Å². The molecule has 0 radical (unpaired) electrons. The number of rotatable bonds is 10. The monoisotopic (exact) mass is 309 g/mol. The number of benzene rings is 1. The molecule has 124 valence electrons. The van der Waals surface area contributed by atoms with Crippen LogP contribution in [0.4, 0.5) is 4.39 Å². The van der Waals surface area contributed by atoms with Gasteiger partial charge in [0.1, 0.15) is 5.82 Å². The molecule has 0 aliphatic rings. The maximum atomic E-state index is 13.1. The fourth-order valence-electron chi connectivity index (χ4n) is 2.03. The van der Waals surface area contributed by atoms with Crippen molar-refractivity contribution >= 4 is 5.96 Å². The summed E-state index contributed by atoms with van der Waals surface area (Å²) in [4.78, 5) is 4.53. The minimum absolute atomic E-state index is 0.176. The zero-order chi connectivity index (χ0) is 16.0. The average Bonchev–Trinajstić information content (AvgIpc) is 2.51. The Morgan fingerprint density at radius 3 is 2.82 bits per heavy atom. The molecule has 4 nitrogen and oxygen atoms in total. The molecule has 0 saturated carbocycles. The number of aryl methyl sites for hydroxylation is 1. The Balaban J connectivity index is 2.26. The second kappa shape index (κ2) is 12.0. The van der Waals surface area contributed by atoms with Crippen LogP contribution in [0.3, 0.4) is 0 Å². The standard InChI is InChI=1S/C17H28FN3O/c1-3-19-17(21-12-7-13-22-4-2)20-11-6-9-15-8-5-10-16(18)14-15/h5,8,10,14H,3-4,6-7,9,11-13H2,1-2H3,(H2,19,20,21). The zero-order valence-corrected chi connectivity index (χ0v) is 13.7. The van der Waals surface area contributed by atoms with Crippen LogP contribution in [0.5, 0.6) is 0 Å². The lowest BCUT2D eigenvalue weighted by atomic mass is 10.1. The Kier molecular flexibility index (Phi) is 10.0. The van der Waals surface area contributed by atoms with Gasteiger partial charge in [-0.1, -0.05) is 12.1 Å². The third-order valence-electron chi connectivity index (χ3n) is 3.09. The largest absolute Gasteiger partial charge is 0.382 e. The smallest absolute Gasteiger partial charge is 0.191 e. The Bertz CT molecular complexity index is 438. The normalized spacial score (nSPS) is 11.5. The first-order valence-corrected chi connectivity index (χ1v) is 8.10. The highest BCUT2D eigenvalue weighted by Crippen LogP contribution is 2.06. The van der Waals surface area contributed by atoms with E-state index in [-0.39, 0.29) is 5.82 Å². The van der Waals surface area contributed by atoms with Crippen molar-refractivity contribution < 1.29 is 9.13 Å². The highest BCUT2D eigenvalue weighted by Gasteiger charge is 1.98. The van der Waals surface area contributed by atoms with E-state index in [0.29, 0.717) is 0 Å². The zero-order valence-electron chi connectivity index (χ0n) is 13.7. The van der Waals surface area contributed by atoms with Gasteiger partial charge in [0.25, 0.3) is 0 Å². The van der Waals surface area contributed by atoms with Gasteiger partial charge in [-0.25, -0.2) is 4.39 Å². The van der Waals surface area contributed by atoms with Gasteiger partial charge >= 0.3 is 0 Å². The van der Waals surface area contributed by atoms with Crippen LogP contribution < -0.4 is 10.6 Å². The SMILES string of the molecule is CCNC(=NCCCc1cccc(F)c1)NCCCOCC. The van der Waals surface area contributed by atoms with Crippen LogP contribution in [-0.2, 0) is 11.2 Å². The molecule has 2 N–H and O–H groups in total. The lowest BCUT2D eigenvalue weighted by Crippen LogP contribution is -2.38. The van der Waals surface area contributed by atoms with Crippen molar-refractivity contribution in [2.75, 3.05) is 32.8 Å². The van der Waals surface area contributed by atoms with Crippen LogP contribution in [0.2, 0.25) is 0 Å². The van der Waals surface area contributed by atoms with Crippen LogP contribution >= 0.6 is 0 Å². The third-order valence-corrected chi connectivity index (χ3v) is 3.09.